The number of hydrogen-bond acceptors (Lipinski definition) is 7. The molecule has 2 saturated heterocycles. The summed E-state index contributed by atoms with van der Waals surface area (Å²) in [5.41, 5.74) is 1.11. The van der Waals surface area contributed by atoms with Gasteiger partial charge in [0.15, 0.2) is 0 Å². The minimum atomic E-state index is -1.22. The molecule has 4 atom stereocenters. The number of nitrogens with zero attached hydrogens (tertiary/aromatic N) is 1. The van der Waals surface area contributed by atoms with Crippen LogP contribution in [0.2, 0.25) is 0 Å². The van der Waals surface area contributed by atoms with Crippen LogP contribution in [-0.2, 0) is 11.2 Å². The average molecular weight is 367 g/mol. The van der Waals surface area contributed by atoms with Gasteiger partial charge in [0.25, 0.3) is 0 Å². The molecule has 0 aliphatic carbocycles. The maximum Gasteiger partial charge on any atom is 0.119 e. The van der Waals surface area contributed by atoms with E-state index in [1.165, 1.54) is 0 Å². The van der Waals surface area contributed by atoms with Crippen LogP contribution in [0.5, 0.6) is 5.75 Å². The topological polar surface area (TPSA) is 103 Å². The summed E-state index contributed by atoms with van der Waals surface area (Å²) in [6.07, 6.45) is -0.635. The van der Waals surface area contributed by atoms with Gasteiger partial charge >= 0.3 is 0 Å². The zero-order valence-corrected chi connectivity index (χ0v) is 14.9. The van der Waals surface area contributed by atoms with Gasteiger partial charge in [-0.25, -0.2) is 0 Å². The summed E-state index contributed by atoms with van der Waals surface area (Å²) < 4.78 is 11.3. The number of aliphatic hydroxyl groups is 4. The van der Waals surface area contributed by atoms with Gasteiger partial charge in [-0.1, -0.05) is 12.1 Å². The van der Waals surface area contributed by atoms with E-state index in [-0.39, 0.29) is 19.3 Å². The largest absolute Gasteiger partial charge is 0.490 e. The Balaban J connectivity index is 1.52. The molecule has 0 aromatic heterocycles. The number of benzene rings is 1. The number of hydrogen-bond donors (Lipinski definition) is 4. The third-order valence-corrected chi connectivity index (χ3v) is 5.30. The highest BCUT2D eigenvalue weighted by Gasteiger charge is 2.40. The van der Waals surface area contributed by atoms with E-state index in [1.807, 2.05) is 29.2 Å². The first-order valence-electron chi connectivity index (χ1n) is 9.31. The highest BCUT2D eigenvalue weighted by atomic mass is 16.5. The Kier molecular flexibility index (Phi) is 6.86. The maximum atomic E-state index is 10.0. The van der Waals surface area contributed by atoms with Crippen LogP contribution in [0.25, 0.3) is 0 Å². The van der Waals surface area contributed by atoms with E-state index in [0.717, 1.165) is 37.4 Å². The Morgan fingerprint density at radius 1 is 1.04 bits per heavy atom. The third-order valence-electron chi connectivity index (χ3n) is 5.30. The van der Waals surface area contributed by atoms with Crippen molar-refractivity contribution in [3.63, 3.8) is 0 Å². The molecule has 4 N–H and O–H groups in total. The molecule has 0 amide bonds. The molecule has 2 heterocycles. The molecule has 2 fully saturated rings. The van der Waals surface area contributed by atoms with E-state index in [9.17, 15) is 20.4 Å². The summed E-state index contributed by atoms with van der Waals surface area (Å²) in [7, 11) is 0. The van der Waals surface area contributed by atoms with Gasteiger partial charge in [-0.05, 0) is 24.1 Å². The van der Waals surface area contributed by atoms with Crippen LogP contribution in [0.4, 0.5) is 0 Å². The molecule has 2 aliphatic rings. The lowest BCUT2D eigenvalue weighted by Gasteiger charge is -2.43. The molecule has 0 saturated carbocycles. The van der Waals surface area contributed by atoms with Crippen LogP contribution < -0.4 is 4.74 Å². The number of aliphatic hydroxyl groups excluding tert-OH is 4. The molecular weight excluding hydrogens is 338 g/mol. The number of β-amino-alcohol motifs (C(OH)–C–C–N with tert-alkyl or cyclic N) is 1. The monoisotopic (exact) mass is 367 g/mol. The van der Waals surface area contributed by atoms with Gasteiger partial charge in [0.1, 0.15) is 24.1 Å². The number of ether oxygens (including phenoxy) is 2. The van der Waals surface area contributed by atoms with E-state index in [1.54, 1.807) is 0 Å². The van der Waals surface area contributed by atoms with Crippen LogP contribution in [0, 0.1) is 0 Å². The Morgan fingerprint density at radius 2 is 1.73 bits per heavy atom. The molecular formula is C19H29NO6. The van der Waals surface area contributed by atoms with Crippen molar-refractivity contribution >= 4 is 0 Å². The Hall–Kier alpha value is -1.22. The number of piperidine rings is 1. The van der Waals surface area contributed by atoms with E-state index >= 15 is 0 Å². The molecule has 0 unspecified atom stereocenters. The maximum absolute atomic E-state index is 10.0. The van der Waals surface area contributed by atoms with Gasteiger partial charge in [-0.15, -0.1) is 0 Å². The van der Waals surface area contributed by atoms with Crippen molar-refractivity contribution in [2.75, 3.05) is 32.9 Å². The van der Waals surface area contributed by atoms with Crippen molar-refractivity contribution < 1.29 is 29.9 Å². The lowest BCUT2D eigenvalue weighted by atomic mass is 9.94. The highest BCUT2D eigenvalue weighted by Crippen LogP contribution is 2.21. The zero-order valence-electron chi connectivity index (χ0n) is 14.9. The summed E-state index contributed by atoms with van der Waals surface area (Å²) in [6, 6.07) is 7.36. The van der Waals surface area contributed by atoms with E-state index in [2.05, 4.69) is 0 Å². The summed E-state index contributed by atoms with van der Waals surface area (Å²) in [5, 5.41) is 39.2. The van der Waals surface area contributed by atoms with Gasteiger partial charge in [0, 0.05) is 25.9 Å². The van der Waals surface area contributed by atoms with Crippen molar-refractivity contribution in [3.8, 4) is 5.75 Å². The van der Waals surface area contributed by atoms with Crippen molar-refractivity contribution in [1.82, 2.24) is 4.90 Å². The predicted molar refractivity (Wildman–Crippen MR) is 95.1 cm³/mol. The summed E-state index contributed by atoms with van der Waals surface area (Å²) in [6.45, 7) is 2.04. The Bertz CT molecular complexity index is 547. The van der Waals surface area contributed by atoms with Gasteiger partial charge in [0.2, 0.25) is 0 Å². The summed E-state index contributed by atoms with van der Waals surface area (Å²) in [5.74, 6) is 0.848. The molecule has 0 radical (unpaired) electrons. The van der Waals surface area contributed by atoms with Gasteiger partial charge in [-0.3, -0.25) is 4.90 Å². The van der Waals surface area contributed by atoms with Gasteiger partial charge < -0.3 is 29.9 Å². The second-order valence-electron chi connectivity index (χ2n) is 7.12. The summed E-state index contributed by atoms with van der Waals surface area (Å²) in [4.78, 5) is 1.83. The second-order valence-corrected chi connectivity index (χ2v) is 7.12. The standard InChI is InChI=1S/C19H29NO6/c21-12-16-18(23)19(24)17(22)11-20(16)8-5-13-1-3-14(4-2-13)26-15-6-9-25-10-7-15/h1-4,15-19,21-24H,5-12H2/t16-,17+,18-,19-/m1/s1. The van der Waals surface area contributed by atoms with E-state index in [4.69, 9.17) is 9.47 Å². The van der Waals surface area contributed by atoms with Crippen molar-refractivity contribution in [2.45, 2.75) is 49.7 Å². The molecule has 0 bridgehead atoms. The van der Waals surface area contributed by atoms with Crippen LogP contribution in [0.3, 0.4) is 0 Å². The quantitative estimate of drug-likeness (QED) is 0.540. The van der Waals surface area contributed by atoms with E-state index < -0.39 is 24.4 Å². The molecule has 146 valence electrons. The lowest BCUT2D eigenvalue weighted by molar-refractivity contribution is -0.144. The number of likely N-dealkylation sites (tertiary alicyclic amines) is 1. The van der Waals surface area contributed by atoms with Gasteiger partial charge in [0.05, 0.1) is 32.0 Å². The second kappa shape index (κ2) is 9.12. The first-order chi connectivity index (χ1) is 12.6. The average Bonchev–Trinajstić information content (AvgIpc) is 2.66. The van der Waals surface area contributed by atoms with Crippen molar-refractivity contribution in [3.05, 3.63) is 29.8 Å². The SMILES string of the molecule is OC[C@@H]1[C@@H](O)[C@H](O)[C@@H](O)CN1CCc1ccc(OC2CCOCC2)cc1. The zero-order chi connectivity index (χ0) is 18.5. The predicted octanol–water partition coefficient (Wildman–Crippen LogP) is -0.454. The van der Waals surface area contributed by atoms with Crippen molar-refractivity contribution in [2.24, 2.45) is 0 Å². The van der Waals surface area contributed by atoms with Crippen LogP contribution in [0.1, 0.15) is 18.4 Å². The number of rotatable bonds is 6. The lowest BCUT2D eigenvalue weighted by Crippen LogP contribution is -2.62. The molecule has 1 aromatic rings. The minimum absolute atomic E-state index is 0.211. The van der Waals surface area contributed by atoms with Crippen LogP contribution in [0.15, 0.2) is 24.3 Å². The third kappa shape index (κ3) is 4.73. The van der Waals surface area contributed by atoms with Gasteiger partial charge in [-0.2, -0.15) is 0 Å². The molecule has 0 spiro atoms. The normalized spacial score (nSPS) is 31.1. The van der Waals surface area contributed by atoms with Crippen LogP contribution >= 0.6 is 0 Å². The minimum Gasteiger partial charge on any atom is -0.490 e. The molecule has 1 aromatic carbocycles. The Labute approximate surface area is 153 Å². The van der Waals surface area contributed by atoms with E-state index in [0.29, 0.717) is 13.0 Å². The molecule has 26 heavy (non-hydrogen) atoms. The van der Waals surface area contributed by atoms with Crippen molar-refractivity contribution in [1.29, 1.82) is 0 Å². The summed E-state index contributed by atoms with van der Waals surface area (Å²) >= 11 is 0. The van der Waals surface area contributed by atoms with Crippen LogP contribution in [-0.4, -0.2) is 88.7 Å². The fourth-order valence-corrected chi connectivity index (χ4v) is 3.63. The molecule has 7 nitrogen and oxygen atoms in total. The fraction of sp³-hybridized carbons (Fsp3) is 0.684. The Morgan fingerprint density at radius 3 is 2.38 bits per heavy atom. The smallest absolute Gasteiger partial charge is 0.119 e. The highest BCUT2D eigenvalue weighted by molar-refractivity contribution is 5.27. The molecule has 2 aliphatic heterocycles. The first-order valence-corrected chi connectivity index (χ1v) is 9.31. The first kappa shape index (κ1) is 19.5. The fourth-order valence-electron chi connectivity index (χ4n) is 3.63. The molecule has 7 heteroatoms. The molecule has 3 rings (SSSR count).